The van der Waals surface area contributed by atoms with Crippen molar-refractivity contribution in [3.05, 3.63) is 35.6 Å². The normalized spacial score (nSPS) is 13.8. The second kappa shape index (κ2) is 5.44. The van der Waals surface area contributed by atoms with Gasteiger partial charge in [0.15, 0.2) is 0 Å². The molecule has 0 radical (unpaired) electrons. The highest BCUT2D eigenvalue weighted by molar-refractivity contribution is 5.20. The predicted molar refractivity (Wildman–Crippen MR) is 66.9 cm³/mol. The second-order valence-electron chi connectivity index (χ2n) is 4.89. The monoisotopic (exact) mass is 223 g/mol. The van der Waals surface area contributed by atoms with Gasteiger partial charge in [-0.2, -0.15) is 0 Å². The van der Waals surface area contributed by atoms with Crippen LogP contribution in [0.4, 0.5) is 4.39 Å². The van der Waals surface area contributed by atoms with E-state index in [0.717, 1.165) is 18.4 Å². The van der Waals surface area contributed by atoms with E-state index in [-0.39, 0.29) is 11.4 Å². The molecule has 0 amide bonds. The lowest BCUT2D eigenvalue weighted by Gasteiger charge is -2.31. The van der Waals surface area contributed by atoms with Crippen LogP contribution in [0, 0.1) is 5.82 Å². The molecule has 0 spiro atoms. The number of benzene rings is 1. The van der Waals surface area contributed by atoms with Crippen molar-refractivity contribution in [2.24, 2.45) is 0 Å². The van der Waals surface area contributed by atoms with Crippen molar-refractivity contribution in [3.63, 3.8) is 0 Å². The van der Waals surface area contributed by atoms with Crippen molar-refractivity contribution < 1.29 is 4.39 Å². The Hall–Kier alpha value is -0.890. The average molecular weight is 223 g/mol. The Morgan fingerprint density at radius 3 is 2.19 bits per heavy atom. The number of hydrogen-bond donors (Lipinski definition) is 1. The molecular weight excluding hydrogens is 201 g/mol. The first kappa shape index (κ1) is 13.2. The highest BCUT2D eigenvalue weighted by Gasteiger charge is 2.20. The van der Waals surface area contributed by atoms with Crippen LogP contribution >= 0.6 is 0 Å². The molecule has 1 N–H and O–H groups in total. The van der Waals surface area contributed by atoms with E-state index in [9.17, 15) is 4.39 Å². The lowest BCUT2D eigenvalue weighted by atomic mass is 9.96. The molecule has 2 heteroatoms. The van der Waals surface area contributed by atoms with Crippen molar-refractivity contribution in [2.75, 3.05) is 0 Å². The molecule has 0 aliphatic rings. The third kappa shape index (κ3) is 3.60. The van der Waals surface area contributed by atoms with Gasteiger partial charge in [-0.3, -0.25) is 0 Å². The Balaban J connectivity index is 2.78. The van der Waals surface area contributed by atoms with E-state index >= 15 is 0 Å². The van der Waals surface area contributed by atoms with Gasteiger partial charge in [0.05, 0.1) is 0 Å². The average Bonchev–Trinajstić information content (AvgIpc) is 2.27. The van der Waals surface area contributed by atoms with Gasteiger partial charge in [0.2, 0.25) is 0 Å². The van der Waals surface area contributed by atoms with Gasteiger partial charge in [0, 0.05) is 11.6 Å². The molecule has 1 atom stereocenters. The van der Waals surface area contributed by atoms with Crippen LogP contribution < -0.4 is 5.32 Å². The fourth-order valence-corrected chi connectivity index (χ4v) is 1.69. The van der Waals surface area contributed by atoms with Crippen molar-refractivity contribution in [1.29, 1.82) is 0 Å². The maximum absolute atomic E-state index is 12.8. The minimum absolute atomic E-state index is 0.120. The van der Waals surface area contributed by atoms with Crippen LogP contribution in [0.1, 0.15) is 52.1 Å². The Bertz CT molecular complexity index is 316. The fraction of sp³-hybridized carbons (Fsp3) is 0.571. The van der Waals surface area contributed by atoms with Crippen LogP contribution in [0.5, 0.6) is 0 Å². The second-order valence-corrected chi connectivity index (χ2v) is 4.89. The van der Waals surface area contributed by atoms with Gasteiger partial charge >= 0.3 is 0 Å². The third-order valence-electron chi connectivity index (χ3n) is 3.13. The largest absolute Gasteiger partial charge is 0.305 e. The molecule has 1 unspecified atom stereocenters. The molecule has 1 rings (SSSR count). The van der Waals surface area contributed by atoms with E-state index in [1.807, 2.05) is 12.1 Å². The third-order valence-corrected chi connectivity index (χ3v) is 3.13. The van der Waals surface area contributed by atoms with Crippen LogP contribution in [0.25, 0.3) is 0 Å². The first-order valence-corrected chi connectivity index (χ1v) is 6.01. The maximum Gasteiger partial charge on any atom is 0.123 e. The van der Waals surface area contributed by atoms with E-state index in [0.29, 0.717) is 6.04 Å². The van der Waals surface area contributed by atoms with Crippen molar-refractivity contribution in [1.82, 2.24) is 5.32 Å². The SMILES string of the molecule is CCC(NC(C)(C)CC)c1ccc(F)cc1. The van der Waals surface area contributed by atoms with Gasteiger partial charge in [-0.05, 0) is 44.4 Å². The summed E-state index contributed by atoms with van der Waals surface area (Å²) in [4.78, 5) is 0. The van der Waals surface area contributed by atoms with Crippen LogP contribution in [0.2, 0.25) is 0 Å². The standard InChI is InChI=1S/C14H22FN/c1-5-13(16-14(3,4)6-2)11-7-9-12(15)10-8-11/h7-10,13,16H,5-6H2,1-4H3. The highest BCUT2D eigenvalue weighted by Crippen LogP contribution is 2.21. The topological polar surface area (TPSA) is 12.0 Å². The zero-order chi connectivity index (χ0) is 12.2. The van der Waals surface area contributed by atoms with E-state index in [1.165, 1.54) is 12.1 Å². The van der Waals surface area contributed by atoms with E-state index in [2.05, 4.69) is 33.0 Å². The van der Waals surface area contributed by atoms with Gasteiger partial charge in [0.1, 0.15) is 5.82 Å². The molecule has 0 bridgehead atoms. The summed E-state index contributed by atoms with van der Waals surface area (Å²) in [7, 11) is 0. The summed E-state index contributed by atoms with van der Waals surface area (Å²) in [6.45, 7) is 8.70. The van der Waals surface area contributed by atoms with E-state index in [4.69, 9.17) is 0 Å². The van der Waals surface area contributed by atoms with Crippen molar-refractivity contribution >= 4 is 0 Å². The van der Waals surface area contributed by atoms with Gasteiger partial charge < -0.3 is 5.32 Å². The summed E-state index contributed by atoms with van der Waals surface area (Å²) in [6, 6.07) is 7.08. The lowest BCUT2D eigenvalue weighted by Crippen LogP contribution is -2.40. The Labute approximate surface area is 98.1 Å². The number of halogens is 1. The quantitative estimate of drug-likeness (QED) is 0.794. The van der Waals surface area contributed by atoms with Crippen LogP contribution in [0.3, 0.4) is 0 Å². The fourth-order valence-electron chi connectivity index (χ4n) is 1.69. The Morgan fingerprint density at radius 2 is 1.75 bits per heavy atom. The number of nitrogens with one attached hydrogen (secondary N) is 1. The molecule has 0 saturated carbocycles. The van der Waals surface area contributed by atoms with E-state index < -0.39 is 0 Å². The summed E-state index contributed by atoms with van der Waals surface area (Å²) in [5, 5.41) is 3.61. The summed E-state index contributed by atoms with van der Waals surface area (Å²) < 4.78 is 12.8. The van der Waals surface area contributed by atoms with Crippen LogP contribution in [0.15, 0.2) is 24.3 Å². The minimum Gasteiger partial charge on any atom is -0.305 e. The molecule has 0 aliphatic carbocycles. The molecule has 0 heterocycles. The van der Waals surface area contributed by atoms with Gasteiger partial charge in [-0.25, -0.2) is 4.39 Å². The summed E-state index contributed by atoms with van der Waals surface area (Å²) in [5.74, 6) is -0.173. The molecule has 0 aromatic heterocycles. The summed E-state index contributed by atoms with van der Waals surface area (Å²) in [5.41, 5.74) is 1.28. The molecular formula is C14H22FN. The van der Waals surface area contributed by atoms with Crippen LogP contribution in [-0.2, 0) is 0 Å². The van der Waals surface area contributed by atoms with E-state index in [1.54, 1.807) is 0 Å². The van der Waals surface area contributed by atoms with Gasteiger partial charge in [0.25, 0.3) is 0 Å². The maximum atomic E-state index is 12.8. The molecule has 1 aromatic rings. The predicted octanol–water partition coefficient (Wildman–Crippen LogP) is 4.06. The number of hydrogen-bond acceptors (Lipinski definition) is 1. The van der Waals surface area contributed by atoms with Crippen molar-refractivity contribution in [3.8, 4) is 0 Å². The minimum atomic E-state index is -0.173. The first-order valence-electron chi connectivity index (χ1n) is 6.01. The molecule has 1 nitrogen and oxygen atoms in total. The zero-order valence-corrected chi connectivity index (χ0v) is 10.7. The number of rotatable bonds is 5. The van der Waals surface area contributed by atoms with Crippen molar-refractivity contribution in [2.45, 2.75) is 52.1 Å². The lowest BCUT2D eigenvalue weighted by molar-refractivity contribution is 0.321. The first-order chi connectivity index (χ1) is 7.48. The summed E-state index contributed by atoms with van der Waals surface area (Å²) >= 11 is 0. The summed E-state index contributed by atoms with van der Waals surface area (Å²) in [6.07, 6.45) is 2.08. The molecule has 0 fully saturated rings. The van der Waals surface area contributed by atoms with Gasteiger partial charge in [-0.1, -0.05) is 26.0 Å². The Kier molecular flexibility index (Phi) is 4.48. The van der Waals surface area contributed by atoms with Gasteiger partial charge in [-0.15, -0.1) is 0 Å². The molecule has 0 saturated heterocycles. The zero-order valence-electron chi connectivity index (χ0n) is 10.7. The smallest absolute Gasteiger partial charge is 0.123 e. The molecule has 16 heavy (non-hydrogen) atoms. The Morgan fingerprint density at radius 1 is 1.19 bits per heavy atom. The molecule has 0 aliphatic heterocycles. The highest BCUT2D eigenvalue weighted by atomic mass is 19.1. The molecule has 90 valence electrons. The van der Waals surface area contributed by atoms with Crippen LogP contribution in [-0.4, -0.2) is 5.54 Å². The molecule has 1 aromatic carbocycles.